The fourth-order valence-electron chi connectivity index (χ4n) is 1.22. The highest BCUT2D eigenvalue weighted by Gasteiger charge is 2.12. The molecular formula is C9H15N. The van der Waals surface area contributed by atoms with E-state index in [0.717, 1.165) is 12.1 Å². The summed E-state index contributed by atoms with van der Waals surface area (Å²) in [6, 6.07) is 0. The summed E-state index contributed by atoms with van der Waals surface area (Å²) in [7, 11) is 0. The van der Waals surface area contributed by atoms with Crippen molar-refractivity contribution in [3.63, 3.8) is 0 Å². The van der Waals surface area contributed by atoms with Crippen LogP contribution in [0.4, 0.5) is 0 Å². The molecule has 0 bridgehead atoms. The predicted octanol–water partition coefficient (Wildman–Crippen LogP) is 2.21. The molecule has 1 nitrogen and oxygen atoms in total. The normalized spacial score (nSPS) is 26.7. The molecule has 0 saturated heterocycles. The lowest BCUT2D eigenvalue weighted by atomic mass is 9.89. The Bertz CT molecular complexity index is 199. The van der Waals surface area contributed by atoms with E-state index in [2.05, 4.69) is 26.8 Å². The molecule has 2 N–H and O–H groups in total. The molecular weight excluding hydrogens is 122 g/mol. The first-order valence-electron chi connectivity index (χ1n) is 3.76. The minimum Gasteiger partial charge on any atom is -0.399 e. The van der Waals surface area contributed by atoms with E-state index in [0.29, 0.717) is 5.92 Å². The SMILES string of the molecule is CC1=CCC(C)C(C)=C1N. The van der Waals surface area contributed by atoms with Gasteiger partial charge in [-0.1, -0.05) is 13.0 Å². The molecule has 0 aromatic carbocycles. The van der Waals surface area contributed by atoms with Crippen molar-refractivity contribution in [3.05, 3.63) is 22.9 Å². The predicted molar refractivity (Wildman–Crippen MR) is 44.4 cm³/mol. The van der Waals surface area contributed by atoms with Gasteiger partial charge in [-0.15, -0.1) is 0 Å². The van der Waals surface area contributed by atoms with E-state index in [9.17, 15) is 0 Å². The maximum absolute atomic E-state index is 5.82. The third kappa shape index (κ3) is 1.08. The molecule has 10 heavy (non-hydrogen) atoms. The van der Waals surface area contributed by atoms with Crippen LogP contribution >= 0.6 is 0 Å². The van der Waals surface area contributed by atoms with Crippen LogP contribution in [0.25, 0.3) is 0 Å². The van der Waals surface area contributed by atoms with Gasteiger partial charge >= 0.3 is 0 Å². The zero-order valence-electron chi connectivity index (χ0n) is 6.94. The highest BCUT2D eigenvalue weighted by molar-refractivity contribution is 5.34. The minimum atomic E-state index is 0.642. The third-order valence-electron chi connectivity index (χ3n) is 2.37. The first kappa shape index (κ1) is 7.39. The van der Waals surface area contributed by atoms with Gasteiger partial charge in [0, 0.05) is 5.70 Å². The van der Waals surface area contributed by atoms with Crippen LogP contribution in [-0.4, -0.2) is 0 Å². The van der Waals surface area contributed by atoms with Crippen molar-refractivity contribution in [1.29, 1.82) is 0 Å². The van der Waals surface area contributed by atoms with E-state index in [1.165, 1.54) is 11.1 Å². The van der Waals surface area contributed by atoms with Gasteiger partial charge in [-0.05, 0) is 37.3 Å². The van der Waals surface area contributed by atoms with Crippen molar-refractivity contribution >= 4 is 0 Å². The molecule has 1 aliphatic carbocycles. The Hall–Kier alpha value is -0.720. The standard InChI is InChI=1S/C9H15N/c1-6-4-5-7(2)9(10)8(6)3/h5-6H,4,10H2,1-3H3. The molecule has 0 fully saturated rings. The Morgan fingerprint density at radius 2 is 2.10 bits per heavy atom. The molecule has 1 unspecified atom stereocenters. The van der Waals surface area contributed by atoms with Crippen LogP contribution in [0.1, 0.15) is 27.2 Å². The van der Waals surface area contributed by atoms with Gasteiger partial charge in [-0.2, -0.15) is 0 Å². The van der Waals surface area contributed by atoms with E-state index in [4.69, 9.17) is 5.73 Å². The van der Waals surface area contributed by atoms with Gasteiger partial charge in [-0.25, -0.2) is 0 Å². The smallest absolute Gasteiger partial charge is 0.0332 e. The molecule has 56 valence electrons. The fraction of sp³-hybridized carbons (Fsp3) is 0.556. The van der Waals surface area contributed by atoms with Gasteiger partial charge in [0.05, 0.1) is 0 Å². The molecule has 0 aromatic heterocycles. The molecule has 0 radical (unpaired) electrons. The lowest BCUT2D eigenvalue weighted by Crippen LogP contribution is -2.11. The minimum absolute atomic E-state index is 0.642. The average molecular weight is 137 g/mol. The van der Waals surface area contributed by atoms with Crippen molar-refractivity contribution in [2.45, 2.75) is 27.2 Å². The van der Waals surface area contributed by atoms with Gasteiger partial charge in [-0.3, -0.25) is 0 Å². The number of hydrogen-bond donors (Lipinski definition) is 1. The maximum Gasteiger partial charge on any atom is 0.0332 e. The van der Waals surface area contributed by atoms with Crippen molar-refractivity contribution in [3.8, 4) is 0 Å². The zero-order valence-corrected chi connectivity index (χ0v) is 6.94. The highest BCUT2D eigenvalue weighted by Crippen LogP contribution is 2.25. The van der Waals surface area contributed by atoms with Crippen LogP contribution in [0, 0.1) is 5.92 Å². The Morgan fingerprint density at radius 1 is 1.50 bits per heavy atom. The summed E-state index contributed by atoms with van der Waals surface area (Å²) in [6.07, 6.45) is 3.37. The molecule has 0 amide bonds. The van der Waals surface area contributed by atoms with E-state index in [1.807, 2.05) is 0 Å². The van der Waals surface area contributed by atoms with E-state index >= 15 is 0 Å². The Labute approximate surface area is 62.6 Å². The van der Waals surface area contributed by atoms with Crippen LogP contribution in [0.15, 0.2) is 22.9 Å². The summed E-state index contributed by atoms with van der Waals surface area (Å²) in [5.74, 6) is 0.642. The van der Waals surface area contributed by atoms with Gasteiger partial charge in [0.15, 0.2) is 0 Å². The molecule has 1 heteroatoms. The fourth-order valence-corrected chi connectivity index (χ4v) is 1.22. The van der Waals surface area contributed by atoms with Crippen LogP contribution in [-0.2, 0) is 0 Å². The van der Waals surface area contributed by atoms with Gasteiger partial charge in [0.25, 0.3) is 0 Å². The summed E-state index contributed by atoms with van der Waals surface area (Å²) in [5.41, 5.74) is 9.42. The quantitative estimate of drug-likeness (QED) is 0.544. The second-order valence-corrected chi connectivity index (χ2v) is 3.12. The van der Waals surface area contributed by atoms with Crippen molar-refractivity contribution < 1.29 is 0 Å². The largest absolute Gasteiger partial charge is 0.399 e. The topological polar surface area (TPSA) is 26.0 Å². The van der Waals surface area contributed by atoms with Crippen molar-refractivity contribution in [2.24, 2.45) is 11.7 Å². The number of rotatable bonds is 0. The molecule has 1 aliphatic rings. The summed E-state index contributed by atoms with van der Waals surface area (Å²) in [4.78, 5) is 0. The third-order valence-corrected chi connectivity index (χ3v) is 2.37. The van der Waals surface area contributed by atoms with E-state index in [1.54, 1.807) is 0 Å². The Balaban J connectivity index is 2.94. The lowest BCUT2D eigenvalue weighted by Gasteiger charge is -2.19. The molecule has 1 atom stereocenters. The summed E-state index contributed by atoms with van der Waals surface area (Å²) in [5, 5.41) is 0. The van der Waals surface area contributed by atoms with Gasteiger partial charge in [0.1, 0.15) is 0 Å². The molecule has 0 aliphatic heterocycles. The first-order valence-corrected chi connectivity index (χ1v) is 3.76. The van der Waals surface area contributed by atoms with Crippen molar-refractivity contribution in [1.82, 2.24) is 0 Å². The summed E-state index contributed by atoms with van der Waals surface area (Å²) >= 11 is 0. The molecule has 0 aromatic rings. The van der Waals surface area contributed by atoms with Crippen LogP contribution in [0.5, 0.6) is 0 Å². The molecule has 0 heterocycles. The number of allylic oxidation sites excluding steroid dienone is 3. The van der Waals surface area contributed by atoms with Crippen LogP contribution in [0.2, 0.25) is 0 Å². The maximum atomic E-state index is 5.82. The first-order chi connectivity index (χ1) is 4.63. The van der Waals surface area contributed by atoms with Crippen LogP contribution < -0.4 is 5.73 Å². The van der Waals surface area contributed by atoms with E-state index < -0.39 is 0 Å². The second-order valence-electron chi connectivity index (χ2n) is 3.12. The monoisotopic (exact) mass is 137 g/mol. The Kier molecular flexibility index (Phi) is 1.84. The molecule has 1 rings (SSSR count). The summed E-state index contributed by atoms with van der Waals surface area (Å²) in [6.45, 7) is 6.41. The number of nitrogens with two attached hydrogens (primary N) is 1. The number of hydrogen-bond acceptors (Lipinski definition) is 1. The van der Waals surface area contributed by atoms with E-state index in [-0.39, 0.29) is 0 Å². The van der Waals surface area contributed by atoms with Crippen molar-refractivity contribution in [2.75, 3.05) is 0 Å². The molecule has 0 spiro atoms. The highest BCUT2D eigenvalue weighted by atomic mass is 14.6. The molecule has 0 saturated carbocycles. The average Bonchev–Trinajstić information content (AvgIpc) is 1.93. The Morgan fingerprint density at radius 3 is 2.60 bits per heavy atom. The lowest BCUT2D eigenvalue weighted by molar-refractivity contribution is 0.669. The van der Waals surface area contributed by atoms with Gasteiger partial charge < -0.3 is 5.73 Å². The van der Waals surface area contributed by atoms with Crippen LogP contribution in [0.3, 0.4) is 0 Å². The summed E-state index contributed by atoms with van der Waals surface area (Å²) < 4.78 is 0. The zero-order chi connectivity index (χ0) is 7.72. The second kappa shape index (κ2) is 2.49. The van der Waals surface area contributed by atoms with Gasteiger partial charge in [0.2, 0.25) is 0 Å².